The van der Waals surface area contributed by atoms with Crippen LogP contribution in [0.2, 0.25) is 0 Å². The van der Waals surface area contributed by atoms with E-state index in [-0.39, 0.29) is 11.3 Å². The predicted octanol–water partition coefficient (Wildman–Crippen LogP) is 0.271. The zero-order valence-corrected chi connectivity index (χ0v) is 9.62. The summed E-state index contributed by atoms with van der Waals surface area (Å²) >= 11 is 0. The molecule has 0 aliphatic rings. The molecule has 0 aromatic carbocycles. The van der Waals surface area contributed by atoms with Crippen LogP contribution in [0.15, 0.2) is 18.5 Å². The smallest absolute Gasteiger partial charge is 0.375 e. The number of nitrogens with two attached hydrogens (primary N) is 1. The Hall–Kier alpha value is -2.32. The van der Waals surface area contributed by atoms with E-state index < -0.39 is 31.1 Å². The Labute approximate surface area is 106 Å². The zero-order chi connectivity index (χ0) is 14.5. The number of halogens is 3. The van der Waals surface area contributed by atoms with Crippen LogP contribution in [0.25, 0.3) is 0 Å². The summed E-state index contributed by atoms with van der Waals surface area (Å²) in [6, 6.07) is 1.39. The minimum Gasteiger partial charge on any atom is -0.375 e. The Bertz CT molecular complexity index is 476. The Morgan fingerprint density at radius 3 is 2.63 bits per heavy atom. The molecule has 0 saturated carbocycles. The van der Waals surface area contributed by atoms with E-state index in [2.05, 4.69) is 10.3 Å². The van der Waals surface area contributed by atoms with E-state index in [1.54, 1.807) is 5.32 Å². The molecule has 0 saturated heterocycles. The SMILES string of the molecule is NC(=O)c1cnccc1NCC(=O)NCC(F)(F)F. The predicted molar refractivity (Wildman–Crippen MR) is 60.3 cm³/mol. The van der Waals surface area contributed by atoms with E-state index in [0.29, 0.717) is 0 Å². The van der Waals surface area contributed by atoms with Gasteiger partial charge < -0.3 is 16.4 Å². The average Bonchev–Trinajstić information content (AvgIpc) is 2.33. The minimum absolute atomic E-state index is 0.0473. The van der Waals surface area contributed by atoms with Crippen molar-refractivity contribution in [3.63, 3.8) is 0 Å². The lowest BCUT2D eigenvalue weighted by Gasteiger charge is -2.11. The van der Waals surface area contributed by atoms with Gasteiger partial charge in [0, 0.05) is 12.4 Å². The number of carbonyl (C=O) groups excluding carboxylic acids is 2. The third-order valence-corrected chi connectivity index (χ3v) is 2.01. The topological polar surface area (TPSA) is 97.1 Å². The van der Waals surface area contributed by atoms with Crippen LogP contribution in [0, 0.1) is 0 Å². The fourth-order valence-electron chi connectivity index (χ4n) is 1.18. The maximum Gasteiger partial charge on any atom is 0.405 e. The normalized spacial score (nSPS) is 10.9. The maximum absolute atomic E-state index is 11.8. The molecule has 0 aliphatic carbocycles. The van der Waals surface area contributed by atoms with E-state index in [4.69, 9.17) is 5.73 Å². The van der Waals surface area contributed by atoms with Crippen molar-refractivity contribution in [2.75, 3.05) is 18.4 Å². The summed E-state index contributed by atoms with van der Waals surface area (Å²) in [6.07, 6.45) is -1.93. The van der Waals surface area contributed by atoms with E-state index in [9.17, 15) is 22.8 Å². The third-order valence-electron chi connectivity index (χ3n) is 2.01. The first-order valence-electron chi connectivity index (χ1n) is 5.11. The number of hydrogen-bond donors (Lipinski definition) is 3. The van der Waals surface area contributed by atoms with E-state index in [1.807, 2.05) is 0 Å². The van der Waals surface area contributed by atoms with Crippen molar-refractivity contribution in [3.8, 4) is 0 Å². The summed E-state index contributed by atoms with van der Waals surface area (Å²) in [5.41, 5.74) is 5.34. The van der Waals surface area contributed by atoms with Crippen LogP contribution in [0.4, 0.5) is 18.9 Å². The highest BCUT2D eigenvalue weighted by Crippen LogP contribution is 2.13. The molecule has 104 valence electrons. The number of carbonyl (C=O) groups is 2. The van der Waals surface area contributed by atoms with Crippen molar-refractivity contribution in [2.45, 2.75) is 6.18 Å². The maximum atomic E-state index is 11.8. The van der Waals surface area contributed by atoms with Crippen molar-refractivity contribution in [1.29, 1.82) is 0 Å². The second-order valence-electron chi connectivity index (χ2n) is 3.53. The largest absolute Gasteiger partial charge is 0.405 e. The fraction of sp³-hybridized carbons (Fsp3) is 0.300. The van der Waals surface area contributed by atoms with Gasteiger partial charge in [0.05, 0.1) is 17.8 Å². The second kappa shape index (κ2) is 6.03. The quantitative estimate of drug-likeness (QED) is 0.719. The van der Waals surface area contributed by atoms with Gasteiger partial charge in [-0.15, -0.1) is 0 Å². The van der Waals surface area contributed by atoms with Crippen LogP contribution in [-0.4, -0.2) is 36.1 Å². The zero-order valence-electron chi connectivity index (χ0n) is 9.62. The monoisotopic (exact) mass is 276 g/mol. The molecule has 2 amide bonds. The van der Waals surface area contributed by atoms with Gasteiger partial charge in [-0.3, -0.25) is 14.6 Å². The Morgan fingerprint density at radius 1 is 1.37 bits per heavy atom. The summed E-state index contributed by atoms with van der Waals surface area (Å²) in [5, 5.41) is 4.19. The molecule has 1 aromatic rings. The molecule has 0 radical (unpaired) electrons. The van der Waals surface area contributed by atoms with Gasteiger partial charge >= 0.3 is 6.18 Å². The van der Waals surface area contributed by atoms with Crippen molar-refractivity contribution in [3.05, 3.63) is 24.0 Å². The van der Waals surface area contributed by atoms with Gasteiger partial charge in [0.2, 0.25) is 5.91 Å². The van der Waals surface area contributed by atoms with E-state index >= 15 is 0 Å². The van der Waals surface area contributed by atoms with Gasteiger partial charge in [0.15, 0.2) is 0 Å². The van der Waals surface area contributed by atoms with Crippen LogP contribution in [0.1, 0.15) is 10.4 Å². The number of primary amides is 1. The molecule has 0 aliphatic heterocycles. The molecule has 1 aromatic heterocycles. The number of anilines is 1. The first-order valence-corrected chi connectivity index (χ1v) is 5.11. The van der Waals surface area contributed by atoms with Gasteiger partial charge in [0.25, 0.3) is 5.91 Å². The average molecular weight is 276 g/mol. The molecular weight excluding hydrogens is 265 g/mol. The van der Waals surface area contributed by atoms with Crippen molar-refractivity contribution >= 4 is 17.5 Å². The first-order chi connectivity index (χ1) is 8.79. The number of rotatable bonds is 5. The van der Waals surface area contributed by atoms with Crippen LogP contribution < -0.4 is 16.4 Å². The molecule has 0 spiro atoms. The Balaban J connectivity index is 2.53. The highest BCUT2D eigenvalue weighted by molar-refractivity contribution is 5.98. The number of hydrogen-bond acceptors (Lipinski definition) is 4. The van der Waals surface area contributed by atoms with Crippen molar-refractivity contribution in [1.82, 2.24) is 10.3 Å². The Kier molecular flexibility index (Phi) is 4.67. The molecule has 6 nitrogen and oxygen atoms in total. The lowest BCUT2D eigenvalue weighted by molar-refractivity contribution is -0.137. The highest BCUT2D eigenvalue weighted by Gasteiger charge is 2.27. The molecule has 9 heteroatoms. The van der Waals surface area contributed by atoms with Crippen molar-refractivity contribution < 1.29 is 22.8 Å². The lowest BCUT2D eigenvalue weighted by atomic mass is 10.2. The van der Waals surface area contributed by atoms with Gasteiger partial charge in [-0.1, -0.05) is 0 Å². The van der Waals surface area contributed by atoms with Crippen LogP contribution in [-0.2, 0) is 4.79 Å². The van der Waals surface area contributed by atoms with Crippen LogP contribution in [0.3, 0.4) is 0 Å². The summed E-state index contributed by atoms with van der Waals surface area (Å²) in [5.74, 6) is -1.61. The number of nitrogens with zero attached hydrogens (tertiary/aromatic N) is 1. The van der Waals surface area contributed by atoms with E-state index in [0.717, 1.165) is 0 Å². The molecule has 0 bridgehead atoms. The fourth-order valence-corrected chi connectivity index (χ4v) is 1.18. The van der Waals surface area contributed by atoms with Gasteiger partial charge in [-0.2, -0.15) is 13.2 Å². The number of nitrogens with one attached hydrogen (secondary N) is 2. The molecule has 0 atom stereocenters. The number of aromatic nitrogens is 1. The summed E-state index contributed by atoms with van der Waals surface area (Å²) < 4.78 is 35.5. The number of alkyl halides is 3. The molecule has 1 heterocycles. The minimum atomic E-state index is -4.47. The number of amides is 2. The first kappa shape index (κ1) is 14.7. The third kappa shape index (κ3) is 5.23. The summed E-state index contributed by atoms with van der Waals surface area (Å²) in [7, 11) is 0. The lowest BCUT2D eigenvalue weighted by Crippen LogP contribution is -2.37. The molecule has 4 N–H and O–H groups in total. The molecule has 0 unspecified atom stereocenters. The summed E-state index contributed by atoms with van der Waals surface area (Å²) in [4.78, 5) is 25.8. The standard InChI is InChI=1S/C10H11F3N4O2/c11-10(12,13)5-17-8(18)4-16-7-1-2-15-3-6(7)9(14)19/h1-3H,4-5H2,(H2,14,19)(H,15,16)(H,17,18). The van der Waals surface area contributed by atoms with Crippen LogP contribution >= 0.6 is 0 Å². The molecule has 0 fully saturated rings. The van der Waals surface area contributed by atoms with Crippen molar-refractivity contribution in [2.24, 2.45) is 5.73 Å². The molecule has 19 heavy (non-hydrogen) atoms. The van der Waals surface area contributed by atoms with E-state index in [1.165, 1.54) is 18.5 Å². The number of pyridine rings is 1. The Morgan fingerprint density at radius 2 is 2.05 bits per heavy atom. The second-order valence-corrected chi connectivity index (χ2v) is 3.53. The van der Waals surface area contributed by atoms with Gasteiger partial charge in [0.1, 0.15) is 6.54 Å². The molecular formula is C10H11F3N4O2. The molecule has 1 rings (SSSR count). The van der Waals surface area contributed by atoms with Crippen LogP contribution in [0.5, 0.6) is 0 Å². The van der Waals surface area contributed by atoms with Gasteiger partial charge in [-0.25, -0.2) is 0 Å². The summed E-state index contributed by atoms with van der Waals surface area (Å²) in [6.45, 7) is -1.83. The van der Waals surface area contributed by atoms with Gasteiger partial charge in [-0.05, 0) is 6.07 Å². The highest BCUT2D eigenvalue weighted by atomic mass is 19.4.